The van der Waals surface area contributed by atoms with Crippen LogP contribution in [0.2, 0.25) is 0 Å². The van der Waals surface area contributed by atoms with Crippen molar-refractivity contribution in [3.05, 3.63) is 48.0 Å². The summed E-state index contributed by atoms with van der Waals surface area (Å²) in [6.45, 7) is -0.393. The standard InChI is InChI=1S/C23H24N2O8/c1-30-17-8-9-18(19(11-17)31-2)24-20(26)13-33-23(29)15-10-21(27)25(12-15)16-6-4-14(5-7-16)22(28)32-3/h4-9,11,15H,10,12-13H2,1-3H3,(H,24,26)/t15-/m1/s1. The van der Waals surface area contributed by atoms with E-state index in [1.807, 2.05) is 0 Å². The summed E-state index contributed by atoms with van der Waals surface area (Å²) in [6.07, 6.45) is -0.0362. The molecule has 2 aromatic carbocycles. The number of methoxy groups -OCH3 is 3. The highest BCUT2D eigenvalue weighted by Gasteiger charge is 2.36. The largest absolute Gasteiger partial charge is 0.497 e. The number of esters is 2. The first-order valence-corrected chi connectivity index (χ1v) is 10.0. The summed E-state index contributed by atoms with van der Waals surface area (Å²) in [5, 5.41) is 2.61. The maximum atomic E-state index is 12.4. The summed E-state index contributed by atoms with van der Waals surface area (Å²) in [5.41, 5.74) is 1.30. The second-order valence-corrected chi connectivity index (χ2v) is 7.17. The molecule has 174 valence electrons. The third-order valence-corrected chi connectivity index (χ3v) is 5.09. The molecule has 2 amide bonds. The molecule has 0 unspecified atom stereocenters. The van der Waals surface area contributed by atoms with E-state index in [4.69, 9.17) is 14.2 Å². The van der Waals surface area contributed by atoms with E-state index in [9.17, 15) is 19.2 Å². The molecule has 10 heteroatoms. The van der Waals surface area contributed by atoms with Gasteiger partial charge in [0.2, 0.25) is 5.91 Å². The number of hydrogen-bond donors (Lipinski definition) is 1. The molecule has 33 heavy (non-hydrogen) atoms. The average Bonchev–Trinajstić information content (AvgIpc) is 3.23. The fraction of sp³-hybridized carbons (Fsp3) is 0.304. The Morgan fingerprint density at radius 1 is 1.03 bits per heavy atom. The summed E-state index contributed by atoms with van der Waals surface area (Å²) >= 11 is 0. The Labute approximate surface area is 190 Å². The van der Waals surface area contributed by atoms with E-state index >= 15 is 0 Å². The molecule has 3 rings (SSSR count). The number of hydrogen-bond acceptors (Lipinski definition) is 8. The van der Waals surface area contributed by atoms with Gasteiger partial charge in [0.05, 0.1) is 38.5 Å². The fourth-order valence-electron chi connectivity index (χ4n) is 3.35. The van der Waals surface area contributed by atoms with Crippen molar-refractivity contribution >= 4 is 35.1 Å². The fourth-order valence-corrected chi connectivity index (χ4v) is 3.35. The number of carbonyl (C=O) groups is 4. The van der Waals surface area contributed by atoms with Crippen LogP contribution in [-0.4, -0.2) is 58.2 Å². The number of amides is 2. The molecule has 1 aliphatic heterocycles. The summed E-state index contributed by atoms with van der Waals surface area (Å²) in [6, 6.07) is 11.2. The van der Waals surface area contributed by atoms with Gasteiger partial charge in [-0.25, -0.2) is 4.79 Å². The lowest BCUT2D eigenvalue weighted by Crippen LogP contribution is -2.28. The van der Waals surface area contributed by atoms with Gasteiger partial charge in [-0.15, -0.1) is 0 Å². The molecule has 1 aliphatic rings. The van der Waals surface area contributed by atoms with E-state index in [0.29, 0.717) is 28.4 Å². The van der Waals surface area contributed by atoms with E-state index < -0.39 is 30.4 Å². The first kappa shape index (κ1) is 23.6. The van der Waals surface area contributed by atoms with E-state index in [1.165, 1.54) is 38.4 Å². The minimum Gasteiger partial charge on any atom is -0.497 e. The van der Waals surface area contributed by atoms with Crippen LogP contribution >= 0.6 is 0 Å². The second kappa shape index (κ2) is 10.5. The first-order chi connectivity index (χ1) is 15.9. The summed E-state index contributed by atoms with van der Waals surface area (Å²) < 4.78 is 20.1. The van der Waals surface area contributed by atoms with Crippen LogP contribution < -0.4 is 19.7 Å². The van der Waals surface area contributed by atoms with E-state index in [0.717, 1.165) is 0 Å². The molecule has 0 radical (unpaired) electrons. The Bertz CT molecular complexity index is 1050. The molecule has 1 atom stereocenters. The number of rotatable bonds is 8. The molecule has 0 bridgehead atoms. The van der Waals surface area contributed by atoms with Gasteiger partial charge in [0.1, 0.15) is 11.5 Å². The molecule has 10 nitrogen and oxygen atoms in total. The van der Waals surface area contributed by atoms with Crippen LogP contribution in [0.15, 0.2) is 42.5 Å². The summed E-state index contributed by atoms with van der Waals surface area (Å²) in [4.78, 5) is 50.0. The molecule has 1 N–H and O–H groups in total. The molecular weight excluding hydrogens is 432 g/mol. The van der Waals surface area contributed by atoms with Crippen LogP contribution in [0.25, 0.3) is 0 Å². The third-order valence-electron chi connectivity index (χ3n) is 5.09. The van der Waals surface area contributed by atoms with Crippen LogP contribution in [0.1, 0.15) is 16.8 Å². The number of nitrogens with zero attached hydrogens (tertiary/aromatic N) is 1. The van der Waals surface area contributed by atoms with Crippen molar-refractivity contribution in [2.24, 2.45) is 5.92 Å². The molecule has 1 fully saturated rings. The second-order valence-electron chi connectivity index (χ2n) is 7.17. The number of carbonyl (C=O) groups excluding carboxylic acids is 4. The predicted molar refractivity (Wildman–Crippen MR) is 117 cm³/mol. The van der Waals surface area contributed by atoms with Crippen molar-refractivity contribution in [1.29, 1.82) is 0 Å². The average molecular weight is 456 g/mol. The first-order valence-electron chi connectivity index (χ1n) is 10.0. The normalized spacial score (nSPS) is 15.1. The Morgan fingerprint density at radius 3 is 2.39 bits per heavy atom. The maximum absolute atomic E-state index is 12.4. The smallest absolute Gasteiger partial charge is 0.337 e. The monoisotopic (exact) mass is 456 g/mol. The molecule has 1 heterocycles. The van der Waals surface area contributed by atoms with E-state index in [-0.39, 0.29) is 18.9 Å². The van der Waals surface area contributed by atoms with Gasteiger partial charge in [-0.1, -0.05) is 0 Å². The quantitative estimate of drug-likeness (QED) is 0.599. The zero-order chi connectivity index (χ0) is 24.0. The van der Waals surface area contributed by atoms with Crippen molar-refractivity contribution in [3.8, 4) is 11.5 Å². The lowest BCUT2D eigenvalue weighted by molar-refractivity contribution is -0.151. The summed E-state index contributed by atoms with van der Waals surface area (Å²) in [5.74, 6) is -1.69. The van der Waals surface area contributed by atoms with Gasteiger partial charge >= 0.3 is 11.9 Å². The lowest BCUT2D eigenvalue weighted by atomic mass is 10.1. The molecule has 2 aromatic rings. The number of ether oxygens (including phenoxy) is 4. The van der Waals surface area contributed by atoms with Crippen LogP contribution in [-0.2, 0) is 23.9 Å². The van der Waals surface area contributed by atoms with Crippen LogP contribution in [0.3, 0.4) is 0 Å². The van der Waals surface area contributed by atoms with Gasteiger partial charge in [-0.05, 0) is 36.4 Å². The lowest BCUT2D eigenvalue weighted by Gasteiger charge is -2.17. The zero-order valence-corrected chi connectivity index (χ0v) is 18.5. The van der Waals surface area contributed by atoms with Crippen LogP contribution in [0.4, 0.5) is 11.4 Å². The highest BCUT2D eigenvalue weighted by Crippen LogP contribution is 2.29. The van der Waals surface area contributed by atoms with Crippen molar-refractivity contribution in [1.82, 2.24) is 0 Å². The van der Waals surface area contributed by atoms with Crippen molar-refractivity contribution in [3.63, 3.8) is 0 Å². The maximum Gasteiger partial charge on any atom is 0.337 e. The Balaban J connectivity index is 1.54. The Morgan fingerprint density at radius 2 is 1.76 bits per heavy atom. The highest BCUT2D eigenvalue weighted by molar-refractivity contribution is 6.00. The minimum atomic E-state index is -0.707. The number of anilines is 2. The van der Waals surface area contributed by atoms with E-state index in [2.05, 4.69) is 10.1 Å². The van der Waals surface area contributed by atoms with Crippen molar-refractivity contribution in [2.45, 2.75) is 6.42 Å². The topological polar surface area (TPSA) is 120 Å². The van der Waals surface area contributed by atoms with Gasteiger partial charge in [-0.3, -0.25) is 14.4 Å². The summed E-state index contributed by atoms with van der Waals surface area (Å²) in [7, 11) is 4.25. The van der Waals surface area contributed by atoms with Crippen LogP contribution in [0, 0.1) is 5.92 Å². The SMILES string of the molecule is COC(=O)c1ccc(N2C[C@H](C(=O)OCC(=O)Nc3ccc(OC)cc3OC)CC2=O)cc1. The van der Waals surface area contributed by atoms with Crippen molar-refractivity contribution in [2.75, 3.05) is 44.7 Å². The molecule has 0 spiro atoms. The molecule has 0 saturated carbocycles. The molecule has 0 aliphatic carbocycles. The van der Waals surface area contributed by atoms with Gasteiger partial charge in [0, 0.05) is 24.7 Å². The van der Waals surface area contributed by atoms with Gasteiger partial charge < -0.3 is 29.2 Å². The Hall–Kier alpha value is -4.08. The highest BCUT2D eigenvalue weighted by atomic mass is 16.5. The molecule has 0 aromatic heterocycles. The van der Waals surface area contributed by atoms with Crippen LogP contribution in [0.5, 0.6) is 11.5 Å². The number of benzene rings is 2. The van der Waals surface area contributed by atoms with Gasteiger partial charge in [0.25, 0.3) is 5.91 Å². The predicted octanol–water partition coefficient (Wildman–Crippen LogP) is 2.03. The zero-order valence-electron chi connectivity index (χ0n) is 18.5. The van der Waals surface area contributed by atoms with Crippen molar-refractivity contribution < 1.29 is 38.1 Å². The molecular formula is C23H24N2O8. The third kappa shape index (κ3) is 5.59. The number of nitrogens with one attached hydrogen (secondary N) is 1. The Kier molecular flexibility index (Phi) is 7.50. The van der Waals surface area contributed by atoms with Gasteiger partial charge in [-0.2, -0.15) is 0 Å². The van der Waals surface area contributed by atoms with E-state index in [1.54, 1.807) is 30.3 Å². The van der Waals surface area contributed by atoms with Gasteiger partial charge in [0.15, 0.2) is 6.61 Å². The minimum absolute atomic E-state index is 0.0362. The molecule has 1 saturated heterocycles.